The van der Waals surface area contributed by atoms with E-state index in [1.165, 1.54) is 11.1 Å². The summed E-state index contributed by atoms with van der Waals surface area (Å²) in [6, 6.07) is 35.2. The topological polar surface area (TPSA) is 68.4 Å². The highest BCUT2D eigenvalue weighted by molar-refractivity contribution is 5.99. The lowest BCUT2D eigenvalue weighted by atomic mass is 9.83. The molecule has 4 heteroatoms. The number of anilines is 1. The Bertz CT molecular complexity index is 1400. The summed E-state index contributed by atoms with van der Waals surface area (Å²) in [5.41, 5.74) is 20.8. The van der Waals surface area contributed by atoms with Gasteiger partial charge >= 0.3 is 0 Å². The standard InChI is InChI=1S/C30H27N3O/c31-28-24-14-8-7-13-23(24)27-25-16-15-22(17-26(25)34-30(27)29(28)32)33(18-20-9-3-1-4-10-20)19-21-11-5-2-6-12-21/h1-17,28-29H,18-19,31-32H2. The molecule has 168 valence electrons. The third-order valence-corrected chi connectivity index (χ3v) is 6.78. The molecule has 5 aromatic rings. The fourth-order valence-corrected chi connectivity index (χ4v) is 5.03. The molecule has 34 heavy (non-hydrogen) atoms. The van der Waals surface area contributed by atoms with Gasteiger partial charge in [0.25, 0.3) is 0 Å². The lowest BCUT2D eigenvalue weighted by molar-refractivity contribution is 0.445. The Labute approximate surface area is 199 Å². The van der Waals surface area contributed by atoms with Gasteiger partial charge in [-0.1, -0.05) is 84.9 Å². The van der Waals surface area contributed by atoms with Crippen LogP contribution in [0.4, 0.5) is 5.69 Å². The Morgan fingerprint density at radius 1 is 0.676 bits per heavy atom. The Morgan fingerprint density at radius 3 is 1.97 bits per heavy atom. The van der Waals surface area contributed by atoms with E-state index in [1.54, 1.807) is 0 Å². The number of nitrogens with zero attached hydrogens (tertiary/aromatic N) is 1. The van der Waals surface area contributed by atoms with Crippen LogP contribution in [-0.4, -0.2) is 0 Å². The van der Waals surface area contributed by atoms with E-state index in [1.807, 2.05) is 12.1 Å². The van der Waals surface area contributed by atoms with Crippen LogP contribution in [0.15, 0.2) is 108 Å². The van der Waals surface area contributed by atoms with Gasteiger partial charge in [0.1, 0.15) is 11.3 Å². The van der Waals surface area contributed by atoms with Gasteiger partial charge in [-0.15, -0.1) is 0 Å². The lowest BCUT2D eigenvalue weighted by Gasteiger charge is -2.27. The number of hydrogen-bond donors (Lipinski definition) is 2. The van der Waals surface area contributed by atoms with Crippen molar-refractivity contribution in [3.63, 3.8) is 0 Å². The van der Waals surface area contributed by atoms with Gasteiger partial charge in [0.05, 0.1) is 12.1 Å². The maximum absolute atomic E-state index is 6.54. The minimum absolute atomic E-state index is 0.281. The molecule has 4 N–H and O–H groups in total. The molecule has 2 atom stereocenters. The van der Waals surface area contributed by atoms with Crippen LogP contribution in [-0.2, 0) is 13.1 Å². The van der Waals surface area contributed by atoms with Gasteiger partial charge in [0, 0.05) is 35.8 Å². The van der Waals surface area contributed by atoms with E-state index in [4.69, 9.17) is 15.9 Å². The van der Waals surface area contributed by atoms with Gasteiger partial charge in [-0.3, -0.25) is 0 Å². The summed E-state index contributed by atoms with van der Waals surface area (Å²) in [4.78, 5) is 2.38. The largest absolute Gasteiger partial charge is 0.459 e. The van der Waals surface area contributed by atoms with E-state index in [-0.39, 0.29) is 12.1 Å². The summed E-state index contributed by atoms with van der Waals surface area (Å²) in [5, 5.41) is 1.08. The number of fused-ring (bicyclic) bond motifs is 5. The first-order chi connectivity index (χ1) is 16.7. The number of furan rings is 1. The summed E-state index contributed by atoms with van der Waals surface area (Å²) in [6.07, 6.45) is 0. The molecule has 6 rings (SSSR count). The van der Waals surface area contributed by atoms with E-state index in [2.05, 4.69) is 95.9 Å². The molecule has 4 nitrogen and oxygen atoms in total. The average Bonchev–Trinajstić information content (AvgIpc) is 3.27. The molecule has 1 aromatic heterocycles. The zero-order valence-electron chi connectivity index (χ0n) is 18.9. The second kappa shape index (κ2) is 8.49. The van der Waals surface area contributed by atoms with Crippen molar-refractivity contribution in [1.29, 1.82) is 0 Å². The molecule has 0 aliphatic heterocycles. The second-order valence-electron chi connectivity index (χ2n) is 8.99. The van der Waals surface area contributed by atoms with Crippen molar-refractivity contribution in [3.8, 4) is 11.1 Å². The maximum atomic E-state index is 6.54. The summed E-state index contributed by atoms with van der Waals surface area (Å²) in [7, 11) is 0. The van der Waals surface area contributed by atoms with Crippen molar-refractivity contribution in [2.24, 2.45) is 11.5 Å². The quantitative estimate of drug-likeness (QED) is 0.332. The highest BCUT2D eigenvalue weighted by Crippen LogP contribution is 2.47. The molecule has 0 saturated carbocycles. The van der Waals surface area contributed by atoms with Gasteiger partial charge in [0.2, 0.25) is 0 Å². The van der Waals surface area contributed by atoms with E-state index in [9.17, 15) is 0 Å². The highest BCUT2D eigenvalue weighted by atomic mass is 16.3. The monoisotopic (exact) mass is 445 g/mol. The minimum Gasteiger partial charge on any atom is -0.459 e. The van der Waals surface area contributed by atoms with Gasteiger partial charge in [0.15, 0.2) is 0 Å². The van der Waals surface area contributed by atoms with Crippen LogP contribution in [0.3, 0.4) is 0 Å². The number of benzene rings is 4. The Balaban J connectivity index is 1.44. The van der Waals surface area contributed by atoms with Crippen LogP contribution in [0.2, 0.25) is 0 Å². The zero-order valence-corrected chi connectivity index (χ0v) is 18.9. The first kappa shape index (κ1) is 20.7. The normalized spacial score (nSPS) is 16.8. The van der Waals surface area contributed by atoms with Crippen molar-refractivity contribution in [1.82, 2.24) is 0 Å². The average molecular weight is 446 g/mol. The van der Waals surface area contributed by atoms with Crippen LogP contribution in [0, 0.1) is 0 Å². The molecule has 0 spiro atoms. The second-order valence-corrected chi connectivity index (χ2v) is 8.99. The Morgan fingerprint density at radius 2 is 1.29 bits per heavy atom. The fraction of sp³-hybridized carbons (Fsp3) is 0.133. The molecule has 1 aliphatic rings. The van der Waals surface area contributed by atoms with Gasteiger partial charge < -0.3 is 20.8 Å². The Kier molecular flexibility index (Phi) is 5.17. The summed E-state index contributed by atoms with van der Waals surface area (Å²) < 4.78 is 6.39. The van der Waals surface area contributed by atoms with Crippen LogP contribution in [0.5, 0.6) is 0 Å². The van der Waals surface area contributed by atoms with E-state index in [0.717, 1.165) is 52.2 Å². The van der Waals surface area contributed by atoms with Crippen molar-refractivity contribution >= 4 is 16.7 Å². The van der Waals surface area contributed by atoms with Gasteiger partial charge in [-0.25, -0.2) is 0 Å². The predicted octanol–water partition coefficient (Wildman–Crippen LogP) is 6.32. The lowest BCUT2D eigenvalue weighted by Crippen LogP contribution is -2.29. The van der Waals surface area contributed by atoms with E-state index in [0.29, 0.717) is 0 Å². The van der Waals surface area contributed by atoms with Gasteiger partial charge in [-0.2, -0.15) is 0 Å². The molecule has 0 fully saturated rings. The summed E-state index contributed by atoms with van der Waals surface area (Å²) in [5.74, 6) is 0.774. The van der Waals surface area contributed by atoms with Crippen LogP contribution < -0.4 is 16.4 Å². The molecular formula is C30H27N3O. The van der Waals surface area contributed by atoms with Crippen LogP contribution in [0.1, 0.15) is 34.5 Å². The minimum atomic E-state index is -0.370. The molecule has 0 bridgehead atoms. The zero-order chi connectivity index (χ0) is 23.1. The number of nitrogens with two attached hydrogens (primary N) is 2. The first-order valence-corrected chi connectivity index (χ1v) is 11.7. The third kappa shape index (κ3) is 3.58. The highest BCUT2D eigenvalue weighted by Gasteiger charge is 2.33. The first-order valence-electron chi connectivity index (χ1n) is 11.7. The smallest absolute Gasteiger partial charge is 0.137 e. The summed E-state index contributed by atoms with van der Waals surface area (Å²) >= 11 is 0. The molecule has 1 heterocycles. The predicted molar refractivity (Wildman–Crippen MR) is 138 cm³/mol. The molecule has 0 radical (unpaired) electrons. The maximum Gasteiger partial charge on any atom is 0.137 e. The van der Waals surface area contributed by atoms with Gasteiger partial charge in [-0.05, 0) is 34.4 Å². The van der Waals surface area contributed by atoms with Crippen molar-refractivity contribution in [2.75, 3.05) is 4.90 Å². The molecular weight excluding hydrogens is 418 g/mol. The number of rotatable bonds is 5. The fourth-order valence-electron chi connectivity index (χ4n) is 5.03. The van der Waals surface area contributed by atoms with Crippen molar-refractivity contribution in [2.45, 2.75) is 25.2 Å². The summed E-state index contributed by atoms with van der Waals surface area (Å²) in [6.45, 7) is 1.60. The van der Waals surface area contributed by atoms with Crippen molar-refractivity contribution in [3.05, 3.63) is 126 Å². The van der Waals surface area contributed by atoms with E-state index >= 15 is 0 Å². The molecule has 0 amide bonds. The molecule has 1 aliphatic carbocycles. The third-order valence-electron chi connectivity index (χ3n) is 6.78. The van der Waals surface area contributed by atoms with E-state index < -0.39 is 0 Å². The van der Waals surface area contributed by atoms with Crippen LogP contribution >= 0.6 is 0 Å². The molecule has 4 aromatic carbocycles. The molecule has 2 unspecified atom stereocenters. The number of hydrogen-bond acceptors (Lipinski definition) is 4. The molecule has 0 saturated heterocycles. The van der Waals surface area contributed by atoms with Crippen molar-refractivity contribution < 1.29 is 4.42 Å². The SMILES string of the molecule is NC1c2ccccc2-c2c(oc3cc(N(Cc4ccccc4)Cc4ccccc4)ccc23)C1N. The Hall–Kier alpha value is -3.86. The van der Waals surface area contributed by atoms with Crippen LogP contribution in [0.25, 0.3) is 22.1 Å².